The number of carbonyl (C=O) groups excluding carboxylic acids is 4. The number of imide groups is 1. The third-order valence-corrected chi connectivity index (χ3v) is 7.69. The number of para-hydroxylation sites is 1. The Kier molecular flexibility index (Phi) is 5.35. The summed E-state index contributed by atoms with van der Waals surface area (Å²) >= 11 is 0. The summed E-state index contributed by atoms with van der Waals surface area (Å²) in [5, 5.41) is 3.28. The van der Waals surface area contributed by atoms with Crippen molar-refractivity contribution in [2.75, 3.05) is 13.1 Å². The van der Waals surface area contributed by atoms with Crippen molar-refractivity contribution in [3.63, 3.8) is 0 Å². The minimum absolute atomic E-state index is 0.00529. The Bertz CT molecular complexity index is 1420. The van der Waals surface area contributed by atoms with Crippen LogP contribution in [0.1, 0.15) is 63.4 Å². The van der Waals surface area contributed by atoms with Crippen LogP contribution in [-0.4, -0.2) is 57.5 Å². The number of aromatic amines is 1. The lowest BCUT2D eigenvalue weighted by atomic mass is 9.85. The molecular weight excluding hydrogens is 463 g/mol. The molecule has 8 nitrogen and oxygen atoms in total. The van der Waals surface area contributed by atoms with E-state index in [1.54, 1.807) is 0 Å². The monoisotopic (exact) mass is 488 g/mol. The van der Waals surface area contributed by atoms with Gasteiger partial charge in [-0.15, -0.1) is 0 Å². The molecule has 4 amide bonds. The Morgan fingerprint density at radius 1 is 1.03 bits per heavy atom. The van der Waals surface area contributed by atoms with Crippen LogP contribution >= 0.6 is 0 Å². The van der Waals surface area contributed by atoms with Crippen molar-refractivity contribution in [1.82, 2.24) is 20.1 Å². The molecule has 9 heteroatoms. The molecule has 0 saturated carbocycles. The summed E-state index contributed by atoms with van der Waals surface area (Å²) in [4.78, 5) is 56.7. The molecule has 2 aromatic carbocycles. The summed E-state index contributed by atoms with van der Waals surface area (Å²) in [6.45, 7) is 1.26. The molecule has 0 aliphatic carbocycles. The quantitative estimate of drug-likeness (QED) is 0.553. The number of hydrogen-bond donors (Lipinski definition) is 2. The van der Waals surface area contributed by atoms with E-state index in [1.165, 1.54) is 17.0 Å². The predicted octanol–water partition coefficient (Wildman–Crippen LogP) is 3.09. The molecule has 2 saturated heterocycles. The van der Waals surface area contributed by atoms with E-state index < -0.39 is 17.8 Å². The number of likely N-dealkylation sites (tertiary alicyclic amines) is 1. The van der Waals surface area contributed by atoms with Crippen LogP contribution in [0.3, 0.4) is 0 Å². The van der Waals surface area contributed by atoms with Gasteiger partial charge in [0.1, 0.15) is 11.9 Å². The van der Waals surface area contributed by atoms with Crippen LogP contribution < -0.4 is 5.32 Å². The third kappa shape index (κ3) is 3.66. The number of nitrogens with one attached hydrogen (secondary N) is 2. The van der Waals surface area contributed by atoms with Crippen molar-refractivity contribution in [3.05, 3.63) is 70.7 Å². The number of piperidine rings is 2. The summed E-state index contributed by atoms with van der Waals surface area (Å²) in [6.07, 6.45) is 3.54. The average molecular weight is 489 g/mol. The van der Waals surface area contributed by atoms with Gasteiger partial charge >= 0.3 is 0 Å². The van der Waals surface area contributed by atoms with Crippen LogP contribution in [0, 0.1) is 5.82 Å². The second kappa shape index (κ2) is 8.58. The lowest BCUT2D eigenvalue weighted by molar-refractivity contribution is -0.136. The molecule has 1 atom stereocenters. The van der Waals surface area contributed by atoms with Crippen molar-refractivity contribution in [2.24, 2.45) is 0 Å². The van der Waals surface area contributed by atoms with Gasteiger partial charge < -0.3 is 14.8 Å². The van der Waals surface area contributed by atoms with Crippen molar-refractivity contribution in [2.45, 2.75) is 44.2 Å². The number of carbonyl (C=O) groups is 4. The zero-order valence-electron chi connectivity index (χ0n) is 19.6. The number of hydrogen-bond acceptors (Lipinski definition) is 4. The highest BCUT2D eigenvalue weighted by Gasteiger charge is 2.41. The van der Waals surface area contributed by atoms with Crippen LogP contribution in [0.15, 0.2) is 42.6 Å². The normalized spacial score (nSPS) is 20.7. The maximum absolute atomic E-state index is 14.6. The number of halogens is 1. The van der Waals surface area contributed by atoms with Gasteiger partial charge in [0.25, 0.3) is 11.8 Å². The van der Waals surface area contributed by atoms with Gasteiger partial charge in [0.2, 0.25) is 11.8 Å². The topological polar surface area (TPSA) is 103 Å². The van der Waals surface area contributed by atoms with Gasteiger partial charge in [-0.1, -0.05) is 12.1 Å². The Balaban J connectivity index is 1.21. The van der Waals surface area contributed by atoms with Crippen LogP contribution in [0.2, 0.25) is 0 Å². The van der Waals surface area contributed by atoms with Gasteiger partial charge in [0.05, 0.1) is 11.1 Å². The minimum Gasteiger partial charge on any atom is -0.361 e. The highest BCUT2D eigenvalue weighted by atomic mass is 19.1. The molecule has 0 bridgehead atoms. The van der Waals surface area contributed by atoms with Gasteiger partial charge in [-0.05, 0) is 60.6 Å². The van der Waals surface area contributed by atoms with Crippen LogP contribution in [-0.2, 0) is 16.1 Å². The largest absolute Gasteiger partial charge is 0.361 e. The Labute approximate surface area is 206 Å². The van der Waals surface area contributed by atoms with Gasteiger partial charge in [-0.25, -0.2) is 4.39 Å². The second-order valence-electron chi connectivity index (χ2n) is 9.74. The van der Waals surface area contributed by atoms with E-state index in [0.29, 0.717) is 31.5 Å². The number of H-pyrrole nitrogens is 1. The molecule has 6 rings (SSSR count). The molecule has 3 aliphatic rings. The fourth-order valence-electron chi connectivity index (χ4n) is 5.84. The molecule has 3 aromatic rings. The number of fused-ring (bicyclic) bond motifs is 2. The highest BCUT2D eigenvalue weighted by molar-refractivity contribution is 6.06. The molecule has 184 valence electrons. The number of amides is 4. The fourth-order valence-corrected chi connectivity index (χ4v) is 5.84. The van der Waals surface area contributed by atoms with Gasteiger partial charge in [-0.3, -0.25) is 24.5 Å². The molecule has 2 N–H and O–H groups in total. The second-order valence-corrected chi connectivity index (χ2v) is 9.74. The van der Waals surface area contributed by atoms with Crippen molar-refractivity contribution in [1.29, 1.82) is 0 Å². The Morgan fingerprint density at radius 3 is 2.61 bits per heavy atom. The van der Waals surface area contributed by atoms with Crippen molar-refractivity contribution in [3.8, 4) is 0 Å². The van der Waals surface area contributed by atoms with Gasteiger partial charge in [-0.2, -0.15) is 0 Å². The Morgan fingerprint density at radius 2 is 1.83 bits per heavy atom. The molecule has 0 radical (unpaired) electrons. The van der Waals surface area contributed by atoms with Crippen LogP contribution in [0.5, 0.6) is 0 Å². The molecule has 4 heterocycles. The lowest BCUT2D eigenvalue weighted by Gasteiger charge is -2.33. The Hall–Kier alpha value is -4.01. The summed E-state index contributed by atoms with van der Waals surface area (Å²) in [5.41, 5.74) is 3.25. The SMILES string of the molecule is O=C1CCC(N2Cc3c(cc(F)cc3C3CCN(C(=O)c4cccc5cc[nH]c45)CC3)C2=O)C(=O)N1. The maximum atomic E-state index is 14.6. The van der Waals surface area contributed by atoms with Gasteiger partial charge in [0, 0.05) is 43.2 Å². The molecule has 2 fully saturated rings. The third-order valence-electron chi connectivity index (χ3n) is 7.69. The number of benzene rings is 2. The first-order chi connectivity index (χ1) is 17.4. The zero-order chi connectivity index (χ0) is 25.0. The van der Waals surface area contributed by atoms with E-state index in [4.69, 9.17) is 0 Å². The van der Waals surface area contributed by atoms with E-state index >= 15 is 0 Å². The fraction of sp³-hybridized carbons (Fsp3) is 0.333. The van der Waals surface area contributed by atoms with Gasteiger partial charge in [0.15, 0.2) is 0 Å². The van der Waals surface area contributed by atoms with E-state index in [-0.39, 0.29) is 48.6 Å². The van der Waals surface area contributed by atoms with E-state index in [0.717, 1.165) is 22.0 Å². The summed E-state index contributed by atoms with van der Waals surface area (Å²) < 4.78 is 14.6. The predicted molar refractivity (Wildman–Crippen MR) is 129 cm³/mol. The molecule has 3 aliphatic heterocycles. The minimum atomic E-state index is -0.742. The number of nitrogens with zero attached hydrogens (tertiary/aromatic N) is 2. The average Bonchev–Trinajstić information content (AvgIpc) is 3.48. The molecule has 1 unspecified atom stereocenters. The first-order valence-corrected chi connectivity index (χ1v) is 12.2. The zero-order valence-corrected chi connectivity index (χ0v) is 19.6. The maximum Gasteiger partial charge on any atom is 0.255 e. The number of aromatic nitrogens is 1. The lowest BCUT2D eigenvalue weighted by Crippen LogP contribution is -2.52. The van der Waals surface area contributed by atoms with E-state index in [2.05, 4.69) is 10.3 Å². The smallest absolute Gasteiger partial charge is 0.255 e. The van der Waals surface area contributed by atoms with Crippen LogP contribution in [0.25, 0.3) is 10.9 Å². The first kappa shape index (κ1) is 22.5. The molecule has 0 spiro atoms. The number of rotatable bonds is 3. The van der Waals surface area contributed by atoms with E-state index in [1.807, 2.05) is 35.4 Å². The summed E-state index contributed by atoms with van der Waals surface area (Å²) in [7, 11) is 0. The standard InChI is InChI=1S/C27H25FN4O4/c28-17-12-19(21-14-32(27(36)20(21)13-17)22-4-5-23(33)30-25(22)34)15-7-10-31(11-8-15)26(35)18-3-1-2-16-6-9-29-24(16)18/h1-3,6,9,12-13,15,22,29H,4-5,7-8,10-11,14H2,(H,30,33,34). The van der Waals surface area contributed by atoms with Crippen LogP contribution in [0.4, 0.5) is 4.39 Å². The summed E-state index contributed by atoms with van der Waals surface area (Å²) in [6, 6.07) is 9.57. The molecule has 1 aromatic heterocycles. The first-order valence-electron chi connectivity index (χ1n) is 12.2. The molecule has 36 heavy (non-hydrogen) atoms. The van der Waals surface area contributed by atoms with Crippen molar-refractivity contribution < 1.29 is 23.6 Å². The van der Waals surface area contributed by atoms with Crippen molar-refractivity contribution >= 4 is 34.5 Å². The van der Waals surface area contributed by atoms with E-state index in [9.17, 15) is 23.6 Å². The molecular formula is C27H25FN4O4. The summed E-state index contributed by atoms with van der Waals surface area (Å²) in [5.74, 6) is -1.75. The highest BCUT2D eigenvalue weighted by Crippen LogP contribution is 2.38.